The molecule has 1 amide bonds. The van der Waals surface area contributed by atoms with E-state index in [1.807, 2.05) is 11.8 Å². The maximum Gasteiger partial charge on any atom is 0.225 e. The number of carbonyl (C=O) groups is 1. The van der Waals surface area contributed by atoms with Crippen molar-refractivity contribution in [3.8, 4) is 0 Å². The molecule has 2 N–H and O–H groups in total. The Morgan fingerprint density at radius 1 is 1.29 bits per heavy atom. The first kappa shape index (κ1) is 21.9. The van der Waals surface area contributed by atoms with Gasteiger partial charge in [-0.15, -0.1) is 24.0 Å². The summed E-state index contributed by atoms with van der Waals surface area (Å²) in [6, 6.07) is 0.332. The maximum atomic E-state index is 12.5. The molecular weight excluding hydrogens is 435 g/mol. The molecule has 1 heterocycles. The molecule has 1 atom stereocenters. The van der Waals surface area contributed by atoms with Gasteiger partial charge in [0.2, 0.25) is 5.91 Å². The predicted molar refractivity (Wildman–Crippen MR) is 114 cm³/mol. The van der Waals surface area contributed by atoms with Crippen LogP contribution in [-0.2, 0) is 4.79 Å². The second kappa shape index (κ2) is 12.2. The van der Waals surface area contributed by atoms with Crippen LogP contribution in [-0.4, -0.2) is 61.0 Å². The predicted octanol–water partition coefficient (Wildman–Crippen LogP) is 2.70. The van der Waals surface area contributed by atoms with Gasteiger partial charge in [-0.1, -0.05) is 12.8 Å². The van der Waals surface area contributed by atoms with Crippen LogP contribution in [0.25, 0.3) is 0 Å². The molecule has 7 heteroatoms. The molecule has 1 aliphatic heterocycles. The Hall–Kier alpha value is -0.180. The third-order valence-corrected chi connectivity index (χ3v) is 5.36. The molecule has 0 aromatic rings. The van der Waals surface area contributed by atoms with Crippen molar-refractivity contribution in [3.05, 3.63) is 0 Å². The average Bonchev–Trinajstić information content (AvgIpc) is 3.22. The van der Waals surface area contributed by atoms with Crippen LogP contribution in [0.4, 0.5) is 0 Å². The molecule has 0 radical (unpaired) electrons. The first-order valence-corrected chi connectivity index (χ1v) is 10.5. The molecule has 1 saturated heterocycles. The van der Waals surface area contributed by atoms with Crippen molar-refractivity contribution in [2.24, 2.45) is 10.9 Å². The summed E-state index contributed by atoms with van der Waals surface area (Å²) >= 11 is 1.86. The van der Waals surface area contributed by atoms with E-state index in [-0.39, 0.29) is 24.0 Å². The van der Waals surface area contributed by atoms with Crippen molar-refractivity contribution in [1.29, 1.82) is 0 Å². The summed E-state index contributed by atoms with van der Waals surface area (Å²) in [7, 11) is 0. The molecule has 5 nitrogen and oxygen atoms in total. The number of nitrogens with zero attached hydrogens (tertiary/aromatic N) is 2. The van der Waals surface area contributed by atoms with Gasteiger partial charge in [0.05, 0.1) is 0 Å². The highest BCUT2D eigenvalue weighted by Gasteiger charge is 2.32. The second-order valence-electron chi connectivity index (χ2n) is 6.50. The van der Waals surface area contributed by atoms with Crippen LogP contribution < -0.4 is 10.6 Å². The van der Waals surface area contributed by atoms with Crippen molar-refractivity contribution in [3.63, 3.8) is 0 Å². The minimum atomic E-state index is 0. The Morgan fingerprint density at radius 3 is 2.71 bits per heavy atom. The number of hydrogen-bond donors (Lipinski definition) is 2. The summed E-state index contributed by atoms with van der Waals surface area (Å²) in [4.78, 5) is 19.2. The monoisotopic (exact) mass is 468 g/mol. The fourth-order valence-electron chi connectivity index (χ4n) is 3.42. The lowest BCUT2D eigenvalue weighted by atomic mass is 10.1. The number of thioether (sulfide) groups is 1. The summed E-state index contributed by atoms with van der Waals surface area (Å²) in [5, 5.41) is 6.82. The Morgan fingerprint density at radius 2 is 2.04 bits per heavy atom. The third-order valence-electron chi connectivity index (χ3n) is 4.67. The Kier molecular flexibility index (Phi) is 11.1. The number of guanidine groups is 1. The third kappa shape index (κ3) is 6.98. The van der Waals surface area contributed by atoms with E-state index in [1.54, 1.807) is 0 Å². The Labute approximate surface area is 168 Å². The molecular formula is C17H33IN4OS. The summed E-state index contributed by atoms with van der Waals surface area (Å²) in [6.07, 6.45) is 8.88. The van der Waals surface area contributed by atoms with E-state index in [0.717, 1.165) is 63.6 Å². The van der Waals surface area contributed by atoms with Gasteiger partial charge in [0, 0.05) is 38.1 Å². The standard InChI is InChI=1S/C17H32N4OS.HI/c1-3-18-17(19-10-6-12-23-2)20-15-9-11-21(13-15)16(22)14-7-4-5-8-14;/h14-15H,3-13H2,1-2H3,(H2,18,19,20);1H. The molecule has 0 spiro atoms. The van der Waals surface area contributed by atoms with Crippen LogP contribution in [0, 0.1) is 5.92 Å². The van der Waals surface area contributed by atoms with E-state index in [4.69, 9.17) is 0 Å². The summed E-state index contributed by atoms with van der Waals surface area (Å²) in [5.74, 6) is 2.72. The zero-order chi connectivity index (χ0) is 16.5. The zero-order valence-electron chi connectivity index (χ0n) is 15.1. The lowest BCUT2D eigenvalue weighted by Gasteiger charge is -2.21. The Balaban J connectivity index is 0.00000288. The van der Waals surface area contributed by atoms with Crippen LogP contribution in [0.2, 0.25) is 0 Å². The molecule has 2 aliphatic rings. The lowest BCUT2D eigenvalue weighted by Crippen LogP contribution is -2.45. The van der Waals surface area contributed by atoms with E-state index in [9.17, 15) is 4.79 Å². The number of rotatable bonds is 7. The van der Waals surface area contributed by atoms with Crippen molar-refractivity contribution in [2.45, 2.75) is 51.5 Å². The Bertz CT molecular complexity index is 402. The summed E-state index contributed by atoms with van der Waals surface area (Å²) < 4.78 is 0. The molecule has 0 bridgehead atoms. The number of hydrogen-bond acceptors (Lipinski definition) is 3. The fourth-order valence-corrected chi connectivity index (χ4v) is 3.84. The van der Waals surface area contributed by atoms with Crippen LogP contribution >= 0.6 is 35.7 Å². The molecule has 140 valence electrons. The highest BCUT2D eigenvalue weighted by molar-refractivity contribution is 14.0. The first-order chi connectivity index (χ1) is 11.2. The summed E-state index contributed by atoms with van der Waals surface area (Å²) in [6.45, 7) is 5.52. The molecule has 1 unspecified atom stereocenters. The van der Waals surface area contributed by atoms with Crippen molar-refractivity contribution < 1.29 is 4.79 Å². The quantitative estimate of drug-likeness (QED) is 0.261. The fraction of sp³-hybridized carbons (Fsp3) is 0.882. The minimum absolute atomic E-state index is 0. The van der Waals surface area contributed by atoms with Gasteiger partial charge in [0.25, 0.3) is 0 Å². The summed E-state index contributed by atoms with van der Waals surface area (Å²) in [5.41, 5.74) is 0. The number of aliphatic imine (C=N–C) groups is 1. The number of nitrogens with one attached hydrogen (secondary N) is 2. The molecule has 2 fully saturated rings. The van der Waals surface area contributed by atoms with E-state index in [2.05, 4.69) is 33.7 Å². The van der Waals surface area contributed by atoms with Crippen molar-refractivity contribution >= 4 is 47.6 Å². The second-order valence-corrected chi connectivity index (χ2v) is 7.49. The largest absolute Gasteiger partial charge is 0.357 e. The SMILES string of the molecule is CCNC(=NCCCSC)NC1CCN(C(=O)C2CCCC2)C1.I. The number of amides is 1. The molecule has 1 saturated carbocycles. The topological polar surface area (TPSA) is 56.7 Å². The van der Waals surface area contributed by atoms with Crippen LogP contribution in [0.3, 0.4) is 0 Å². The highest BCUT2D eigenvalue weighted by atomic mass is 127. The van der Waals surface area contributed by atoms with Gasteiger partial charge in [-0.3, -0.25) is 9.79 Å². The minimum Gasteiger partial charge on any atom is -0.357 e. The highest BCUT2D eigenvalue weighted by Crippen LogP contribution is 2.27. The van der Waals surface area contributed by atoms with Gasteiger partial charge in [-0.05, 0) is 44.6 Å². The molecule has 2 rings (SSSR count). The van der Waals surface area contributed by atoms with Crippen molar-refractivity contribution in [1.82, 2.24) is 15.5 Å². The molecule has 24 heavy (non-hydrogen) atoms. The van der Waals surface area contributed by atoms with Crippen LogP contribution in [0.1, 0.15) is 45.4 Å². The lowest BCUT2D eigenvalue weighted by molar-refractivity contribution is -0.134. The molecule has 0 aromatic heterocycles. The van der Waals surface area contributed by atoms with Gasteiger partial charge < -0.3 is 15.5 Å². The maximum absolute atomic E-state index is 12.5. The number of likely N-dealkylation sites (tertiary alicyclic amines) is 1. The first-order valence-electron chi connectivity index (χ1n) is 9.07. The smallest absolute Gasteiger partial charge is 0.225 e. The van der Waals surface area contributed by atoms with E-state index in [0.29, 0.717) is 17.9 Å². The van der Waals surface area contributed by atoms with E-state index >= 15 is 0 Å². The van der Waals surface area contributed by atoms with Crippen LogP contribution in [0.15, 0.2) is 4.99 Å². The zero-order valence-corrected chi connectivity index (χ0v) is 18.2. The van der Waals surface area contributed by atoms with Gasteiger partial charge >= 0.3 is 0 Å². The number of carbonyl (C=O) groups excluding carboxylic acids is 1. The van der Waals surface area contributed by atoms with Crippen LogP contribution in [0.5, 0.6) is 0 Å². The average molecular weight is 468 g/mol. The van der Waals surface area contributed by atoms with Gasteiger partial charge in [-0.2, -0.15) is 11.8 Å². The molecule has 0 aromatic carbocycles. The normalized spacial score (nSPS) is 21.7. The van der Waals surface area contributed by atoms with Gasteiger partial charge in [0.15, 0.2) is 5.96 Å². The van der Waals surface area contributed by atoms with E-state index < -0.39 is 0 Å². The van der Waals surface area contributed by atoms with E-state index in [1.165, 1.54) is 12.8 Å². The van der Waals surface area contributed by atoms with Crippen molar-refractivity contribution in [2.75, 3.05) is 38.2 Å². The van der Waals surface area contributed by atoms with Gasteiger partial charge in [-0.25, -0.2) is 0 Å². The van der Waals surface area contributed by atoms with Gasteiger partial charge in [0.1, 0.15) is 0 Å². The molecule has 1 aliphatic carbocycles. The number of halogens is 1.